The Morgan fingerprint density at radius 1 is 1.47 bits per heavy atom. The minimum absolute atomic E-state index is 0.231. The van der Waals surface area contributed by atoms with Crippen molar-refractivity contribution in [1.82, 2.24) is 5.32 Å². The summed E-state index contributed by atoms with van der Waals surface area (Å²) in [5.41, 5.74) is 6.37. The molecular weight excluding hydrogens is 235 g/mol. The van der Waals surface area contributed by atoms with E-state index in [1.165, 1.54) is 7.05 Å². The van der Waals surface area contributed by atoms with Gasteiger partial charge in [0.05, 0.1) is 6.04 Å². The van der Waals surface area contributed by atoms with E-state index in [2.05, 4.69) is 5.32 Å². The molecule has 0 radical (unpaired) electrons. The third kappa shape index (κ3) is 3.09. The summed E-state index contributed by atoms with van der Waals surface area (Å²) in [5, 5.41) is 3.53. The summed E-state index contributed by atoms with van der Waals surface area (Å²) >= 11 is 11.9. The van der Waals surface area contributed by atoms with Crippen LogP contribution in [0.3, 0.4) is 0 Å². The molecule has 3 N–H and O–H groups in total. The molecule has 1 unspecified atom stereocenters. The summed E-state index contributed by atoms with van der Waals surface area (Å²) in [5.74, 6) is -0.231. The zero-order chi connectivity index (χ0) is 11.4. The summed E-state index contributed by atoms with van der Waals surface area (Å²) in [6.07, 6.45) is 0.332. The van der Waals surface area contributed by atoms with Crippen LogP contribution in [0.5, 0.6) is 0 Å². The first-order valence-electron chi connectivity index (χ1n) is 4.46. The molecule has 1 aromatic carbocycles. The number of benzene rings is 1. The Labute approximate surface area is 98.5 Å². The van der Waals surface area contributed by atoms with Gasteiger partial charge in [-0.1, -0.05) is 29.3 Å². The number of carbonyl (C=O) groups excluding carboxylic acids is 1. The SMILES string of the molecule is CNC(=O)C(N)Cc1c(Cl)cccc1Cl. The first-order chi connectivity index (χ1) is 7.06. The largest absolute Gasteiger partial charge is 0.358 e. The molecule has 1 aromatic rings. The third-order valence-electron chi connectivity index (χ3n) is 2.07. The van der Waals surface area contributed by atoms with Crippen molar-refractivity contribution in [2.24, 2.45) is 5.73 Å². The number of hydrogen-bond donors (Lipinski definition) is 2. The standard InChI is InChI=1S/C10H12Cl2N2O/c1-14-10(15)9(13)5-6-7(11)3-2-4-8(6)12/h2-4,9H,5,13H2,1H3,(H,14,15). The highest BCUT2D eigenvalue weighted by Crippen LogP contribution is 2.25. The average molecular weight is 247 g/mol. The Bertz CT molecular complexity index is 348. The molecule has 3 nitrogen and oxygen atoms in total. The molecule has 0 aromatic heterocycles. The van der Waals surface area contributed by atoms with E-state index in [0.717, 1.165) is 0 Å². The quantitative estimate of drug-likeness (QED) is 0.852. The van der Waals surface area contributed by atoms with E-state index in [-0.39, 0.29) is 5.91 Å². The molecule has 0 fully saturated rings. The van der Waals surface area contributed by atoms with Crippen molar-refractivity contribution in [3.05, 3.63) is 33.8 Å². The van der Waals surface area contributed by atoms with Gasteiger partial charge in [0.15, 0.2) is 0 Å². The molecule has 0 saturated heterocycles. The summed E-state index contributed by atoms with van der Waals surface area (Å²) in [7, 11) is 1.54. The summed E-state index contributed by atoms with van der Waals surface area (Å²) in [6, 6.07) is 4.56. The van der Waals surface area contributed by atoms with Gasteiger partial charge in [0.1, 0.15) is 0 Å². The average Bonchev–Trinajstić information content (AvgIpc) is 2.22. The minimum atomic E-state index is -0.632. The van der Waals surface area contributed by atoms with Crippen molar-refractivity contribution in [3.8, 4) is 0 Å². The number of likely N-dealkylation sites (N-methyl/N-ethyl adjacent to an activating group) is 1. The van der Waals surface area contributed by atoms with Crippen LogP contribution in [0.25, 0.3) is 0 Å². The third-order valence-corrected chi connectivity index (χ3v) is 2.78. The molecule has 0 heterocycles. The molecule has 0 spiro atoms. The molecule has 5 heteroatoms. The normalized spacial score (nSPS) is 12.3. The molecule has 0 aliphatic heterocycles. The lowest BCUT2D eigenvalue weighted by molar-refractivity contribution is -0.121. The highest BCUT2D eigenvalue weighted by Gasteiger charge is 2.15. The van der Waals surface area contributed by atoms with Gasteiger partial charge in [-0.25, -0.2) is 0 Å². The lowest BCUT2D eigenvalue weighted by Gasteiger charge is -2.12. The van der Waals surface area contributed by atoms with Gasteiger partial charge in [0.25, 0.3) is 0 Å². The van der Waals surface area contributed by atoms with E-state index >= 15 is 0 Å². The fraction of sp³-hybridized carbons (Fsp3) is 0.300. The lowest BCUT2D eigenvalue weighted by atomic mass is 10.1. The summed E-state index contributed by atoms with van der Waals surface area (Å²) in [6.45, 7) is 0. The van der Waals surface area contributed by atoms with Crippen LogP contribution in [0.15, 0.2) is 18.2 Å². The number of hydrogen-bond acceptors (Lipinski definition) is 2. The molecule has 0 aliphatic rings. The maximum atomic E-state index is 11.2. The number of amides is 1. The number of rotatable bonds is 3. The van der Waals surface area contributed by atoms with E-state index in [4.69, 9.17) is 28.9 Å². The number of nitrogens with two attached hydrogens (primary N) is 1. The van der Waals surface area contributed by atoms with E-state index in [1.54, 1.807) is 18.2 Å². The zero-order valence-corrected chi connectivity index (χ0v) is 9.77. The van der Waals surface area contributed by atoms with Crippen LogP contribution in [0.2, 0.25) is 10.0 Å². The molecule has 82 valence electrons. The van der Waals surface area contributed by atoms with Crippen molar-refractivity contribution in [2.75, 3.05) is 7.05 Å². The van der Waals surface area contributed by atoms with Gasteiger partial charge >= 0.3 is 0 Å². The predicted octanol–water partition coefficient (Wildman–Crippen LogP) is 1.61. The number of carbonyl (C=O) groups is 1. The topological polar surface area (TPSA) is 55.1 Å². The lowest BCUT2D eigenvalue weighted by Crippen LogP contribution is -2.40. The van der Waals surface area contributed by atoms with Crippen molar-refractivity contribution >= 4 is 29.1 Å². The van der Waals surface area contributed by atoms with E-state index in [9.17, 15) is 4.79 Å². The van der Waals surface area contributed by atoms with Crippen molar-refractivity contribution in [3.63, 3.8) is 0 Å². The van der Waals surface area contributed by atoms with Crippen molar-refractivity contribution in [1.29, 1.82) is 0 Å². The predicted molar refractivity (Wildman–Crippen MR) is 62.2 cm³/mol. The van der Waals surface area contributed by atoms with Gasteiger partial charge in [0.2, 0.25) is 5.91 Å². The zero-order valence-electron chi connectivity index (χ0n) is 8.26. The van der Waals surface area contributed by atoms with Gasteiger partial charge in [-0.2, -0.15) is 0 Å². The Hall–Kier alpha value is -0.770. The minimum Gasteiger partial charge on any atom is -0.358 e. The number of nitrogens with one attached hydrogen (secondary N) is 1. The second-order valence-corrected chi connectivity index (χ2v) is 3.94. The smallest absolute Gasteiger partial charge is 0.237 e. The molecule has 1 atom stereocenters. The second kappa shape index (κ2) is 5.35. The van der Waals surface area contributed by atoms with Crippen LogP contribution < -0.4 is 11.1 Å². The van der Waals surface area contributed by atoms with Crippen molar-refractivity contribution in [2.45, 2.75) is 12.5 Å². The molecule has 0 aliphatic carbocycles. The van der Waals surface area contributed by atoms with Crippen LogP contribution in [0.4, 0.5) is 0 Å². The van der Waals surface area contributed by atoms with E-state index < -0.39 is 6.04 Å². The second-order valence-electron chi connectivity index (χ2n) is 3.13. The maximum Gasteiger partial charge on any atom is 0.237 e. The molecular formula is C10H12Cl2N2O. The highest BCUT2D eigenvalue weighted by atomic mass is 35.5. The van der Waals surface area contributed by atoms with Crippen LogP contribution in [0.1, 0.15) is 5.56 Å². The van der Waals surface area contributed by atoms with Gasteiger partial charge in [-0.05, 0) is 24.1 Å². The molecule has 1 amide bonds. The van der Waals surface area contributed by atoms with Crippen LogP contribution >= 0.6 is 23.2 Å². The Morgan fingerprint density at radius 2 is 2.00 bits per heavy atom. The van der Waals surface area contributed by atoms with Gasteiger partial charge in [-0.3, -0.25) is 4.79 Å². The molecule has 0 bridgehead atoms. The molecule has 0 saturated carbocycles. The summed E-state index contributed by atoms with van der Waals surface area (Å²) < 4.78 is 0. The Balaban J connectivity index is 2.85. The number of halogens is 2. The monoisotopic (exact) mass is 246 g/mol. The van der Waals surface area contributed by atoms with E-state index in [0.29, 0.717) is 22.0 Å². The first-order valence-corrected chi connectivity index (χ1v) is 5.22. The first kappa shape index (κ1) is 12.3. The Morgan fingerprint density at radius 3 is 2.47 bits per heavy atom. The fourth-order valence-electron chi connectivity index (χ4n) is 1.23. The van der Waals surface area contributed by atoms with Gasteiger partial charge < -0.3 is 11.1 Å². The maximum absolute atomic E-state index is 11.2. The van der Waals surface area contributed by atoms with Crippen LogP contribution in [-0.2, 0) is 11.2 Å². The Kier molecular flexibility index (Phi) is 4.39. The van der Waals surface area contributed by atoms with Crippen molar-refractivity contribution < 1.29 is 4.79 Å². The summed E-state index contributed by atoms with van der Waals surface area (Å²) in [4.78, 5) is 11.2. The highest BCUT2D eigenvalue weighted by molar-refractivity contribution is 6.36. The van der Waals surface area contributed by atoms with Crippen LogP contribution in [-0.4, -0.2) is 19.0 Å². The van der Waals surface area contributed by atoms with Gasteiger partial charge in [0, 0.05) is 17.1 Å². The molecule has 15 heavy (non-hydrogen) atoms. The van der Waals surface area contributed by atoms with Gasteiger partial charge in [-0.15, -0.1) is 0 Å². The fourth-order valence-corrected chi connectivity index (χ4v) is 1.78. The van der Waals surface area contributed by atoms with Crippen LogP contribution in [0, 0.1) is 0 Å². The van der Waals surface area contributed by atoms with E-state index in [1.807, 2.05) is 0 Å². The molecule has 1 rings (SSSR count).